The summed E-state index contributed by atoms with van der Waals surface area (Å²) in [5, 5.41) is 2.78. The number of likely N-dealkylation sites (tertiary alicyclic amines) is 1. The second-order valence-electron chi connectivity index (χ2n) is 8.39. The number of nitrogen functional groups attached to an aromatic ring is 1. The number of nitrogens with zero attached hydrogens (tertiary/aromatic N) is 6. The normalized spacial score (nSPS) is 18.0. The number of carbonyl (C=O) groups excluding carboxylic acids is 1. The first kappa shape index (κ1) is 21.9. The Morgan fingerprint density at radius 1 is 1.18 bits per heavy atom. The van der Waals surface area contributed by atoms with Crippen molar-refractivity contribution >= 4 is 39.2 Å². The average molecular weight is 469 g/mol. The minimum Gasteiger partial charge on any atom is -0.378 e. The van der Waals surface area contributed by atoms with E-state index in [1.54, 1.807) is 30.8 Å². The maximum absolute atomic E-state index is 11.9. The molecule has 0 aromatic carbocycles. The largest absolute Gasteiger partial charge is 0.378 e. The summed E-state index contributed by atoms with van der Waals surface area (Å²) in [4.78, 5) is 35.8. The smallest absolute Gasteiger partial charge is 0.222 e. The van der Waals surface area contributed by atoms with E-state index in [-0.39, 0.29) is 17.8 Å². The highest BCUT2D eigenvalue weighted by atomic mass is 32.1. The number of fused-ring (bicyclic) bond motifs is 1. The molecule has 0 saturated carbocycles. The highest BCUT2D eigenvalue weighted by molar-refractivity contribution is 7.19. The molecule has 3 aromatic heterocycles. The molecule has 174 valence electrons. The first-order valence-electron chi connectivity index (χ1n) is 11.3. The van der Waals surface area contributed by atoms with Gasteiger partial charge in [0.15, 0.2) is 11.6 Å². The summed E-state index contributed by atoms with van der Waals surface area (Å²) < 4.78 is 6.64. The number of hydrogen-bond donors (Lipinski definition) is 2. The predicted octanol–water partition coefficient (Wildman–Crippen LogP) is 1.53. The molecule has 10 nitrogen and oxygen atoms in total. The second kappa shape index (κ2) is 9.54. The van der Waals surface area contributed by atoms with Gasteiger partial charge in [-0.15, -0.1) is 11.3 Å². The standard InChI is InChI=1S/C22H28N8O2S/c1-24-21(31)14-2-4-29(5-3-14)13-16-10-17-18(33-16)20(30-6-8-32-9-7-30)28-19(27-17)15-11-25-22(23)26-12-15/h10-12,14H,2-9,13H2,1H3,(H,24,31)(H2,23,25,26). The predicted molar refractivity (Wildman–Crippen MR) is 128 cm³/mol. The Balaban J connectivity index is 1.43. The van der Waals surface area contributed by atoms with Crippen LogP contribution in [0.15, 0.2) is 18.5 Å². The molecule has 2 aliphatic rings. The minimum atomic E-state index is 0.122. The lowest BCUT2D eigenvalue weighted by molar-refractivity contribution is -0.125. The summed E-state index contributed by atoms with van der Waals surface area (Å²) in [6.45, 7) is 5.65. The van der Waals surface area contributed by atoms with Crippen molar-refractivity contribution in [2.75, 3.05) is 57.1 Å². The van der Waals surface area contributed by atoms with Gasteiger partial charge in [0, 0.05) is 49.9 Å². The zero-order valence-corrected chi connectivity index (χ0v) is 19.5. The lowest BCUT2D eigenvalue weighted by Crippen LogP contribution is -2.39. The van der Waals surface area contributed by atoms with Gasteiger partial charge in [0.05, 0.1) is 29.0 Å². The molecule has 11 heteroatoms. The van der Waals surface area contributed by atoms with Gasteiger partial charge in [-0.05, 0) is 32.0 Å². The number of piperidine rings is 1. The Kier molecular flexibility index (Phi) is 6.34. The summed E-state index contributed by atoms with van der Waals surface area (Å²) in [6.07, 6.45) is 5.11. The van der Waals surface area contributed by atoms with E-state index in [9.17, 15) is 4.79 Å². The second-order valence-corrected chi connectivity index (χ2v) is 9.53. The Bertz CT molecular complexity index is 1120. The molecule has 2 fully saturated rings. The van der Waals surface area contributed by atoms with E-state index in [2.05, 4.69) is 31.2 Å². The van der Waals surface area contributed by atoms with Crippen LogP contribution in [0.25, 0.3) is 21.6 Å². The number of anilines is 2. The van der Waals surface area contributed by atoms with Crippen molar-refractivity contribution in [1.29, 1.82) is 0 Å². The van der Waals surface area contributed by atoms with Crippen LogP contribution >= 0.6 is 11.3 Å². The maximum Gasteiger partial charge on any atom is 0.222 e. The molecule has 0 unspecified atom stereocenters. The van der Waals surface area contributed by atoms with E-state index >= 15 is 0 Å². The first-order valence-corrected chi connectivity index (χ1v) is 12.1. The number of morpholine rings is 1. The van der Waals surface area contributed by atoms with Crippen LogP contribution in [-0.4, -0.2) is 77.2 Å². The molecule has 5 heterocycles. The highest BCUT2D eigenvalue weighted by Gasteiger charge is 2.25. The third-order valence-electron chi connectivity index (χ3n) is 6.23. The Hall–Kier alpha value is -2.89. The lowest BCUT2D eigenvalue weighted by Gasteiger charge is -2.30. The van der Waals surface area contributed by atoms with Crippen molar-refractivity contribution in [2.24, 2.45) is 5.92 Å². The fraction of sp³-hybridized carbons (Fsp3) is 0.500. The van der Waals surface area contributed by atoms with Crippen LogP contribution < -0.4 is 16.0 Å². The molecular formula is C22H28N8O2S. The molecule has 0 bridgehead atoms. The third-order valence-corrected chi connectivity index (χ3v) is 7.33. The van der Waals surface area contributed by atoms with Gasteiger partial charge in [0.1, 0.15) is 0 Å². The fourth-order valence-electron chi connectivity index (χ4n) is 4.39. The molecule has 3 aromatic rings. The Morgan fingerprint density at radius 3 is 2.61 bits per heavy atom. The quantitative estimate of drug-likeness (QED) is 0.574. The topological polar surface area (TPSA) is 122 Å². The monoisotopic (exact) mass is 468 g/mol. The number of amides is 1. The molecule has 2 saturated heterocycles. The van der Waals surface area contributed by atoms with E-state index in [1.807, 2.05) is 0 Å². The van der Waals surface area contributed by atoms with E-state index in [0.717, 1.165) is 67.2 Å². The van der Waals surface area contributed by atoms with Gasteiger partial charge in [-0.1, -0.05) is 0 Å². The van der Waals surface area contributed by atoms with Crippen LogP contribution in [0, 0.1) is 5.92 Å². The van der Waals surface area contributed by atoms with Gasteiger partial charge < -0.3 is 20.7 Å². The van der Waals surface area contributed by atoms with Crippen molar-refractivity contribution in [1.82, 2.24) is 30.2 Å². The van der Waals surface area contributed by atoms with Gasteiger partial charge in [0.2, 0.25) is 11.9 Å². The van der Waals surface area contributed by atoms with Crippen molar-refractivity contribution in [3.8, 4) is 11.4 Å². The minimum absolute atomic E-state index is 0.122. The Morgan fingerprint density at radius 2 is 1.91 bits per heavy atom. The molecule has 0 radical (unpaired) electrons. The fourth-order valence-corrected chi connectivity index (χ4v) is 5.55. The number of thiophene rings is 1. The molecule has 0 spiro atoms. The van der Waals surface area contributed by atoms with E-state index in [1.165, 1.54) is 4.88 Å². The zero-order chi connectivity index (χ0) is 22.8. The summed E-state index contributed by atoms with van der Waals surface area (Å²) in [7, 11) is 1.71. The van der Waals surface area contributed by atoms with Crippen molar-refractivity contribution < 1.29 is 9.53 Å². The van der Waals surface area contributed by atoms with Crippen LogP contribution in [0.5, 0.6) is 0 Å². The molecule has 3 N–H and O–H groups in total. The van der Waals surface area contributed by atoms with Crippen LogP contribution in [0.3, 0.4) is 0 Å². The van der Waals surface area contributed by atoms with Crippen molar-refractivity contribution in [2.45, 2.75) is 19.4 Å². The number of nitrogens with two attached hydrogens (primary N) is 1. The van der Waals surface area contributed by atoms with Crippen LogP contribution in [0.4, 0.5) is 11.8 Å². The molecule has 1 amide bonds. The number of ether oxygens (including phenoxy) is 1. The molecule has 0 atom stereocenters. The average Bonchev–Trinajstić information content (AvgIpc) is 3.26. The summed E-state index contributed by atoms with van der Waals surface area (Å²) in [5.74, 6) is 2.04. The van der Waals surface area contributed by atoms with Gasteiger partial charge in [-0.2, -0.15) is 0 Å². The zero-order valence-electron chi connectivity index (χ0n) is 18.7. The van der Waals surface area contributed by atoms with Crippen LogP contribution in [0.2, 0.25) is 0 Å². The molecular weight excluding hydrogens is 440 g/mol. The molecule has 5 rings (SSSR count). The number of carbonyl (C=O) groups is 1. The number of aromatic nitrogens is 4. The first-order chi connectivity index (χ1) is 16.1. The number of rotatable bonds is 5. The van der Waals surface area contributed by atoms with Crippen LogP contribution in [0.1, 0.15) is 17.7 Å². The SMILES string of the molecule is CNC(=O)C1CCN(Cc2cc3nc(-c4cnc(N)nc4)nc(N4CCOCC4)c3s2)CC1. The van der Waals surface area contributed by atoms with Gasteiger partial charge in [-0.25, -0.2) is 19.9 Å². The maximum atomic E-state index is 11.9. The van der Waals surface area contributed by atoms with E-state index in [4.69, 9.17) is 20.4 Å². The van der Waals surface area contributed by atoms with Crippen molar-refractivity contribution in [3.05, 3.63) is 23.3 Å². The molecule has 33 heavy (non-hydrogen) atoms. The summed E-state index contributed by atoms with van der Waals surface area (Å²) in [6, 6.07) is 2.16. The van der Waals surface area contributed by atoms with Crippen LogP contribution in [-0.2, 0) is 16.1 Å². The summed E-state index contributed by atoms with van der Waals surface area (Å²) >= 11 is 1.75. The molecule has 2 aliphatic heterocycles. The van der Waals surface area contributed by atoms with E-state index in [0.29, 0.717) is 19.0 Å². The highest BCUT2D eigenvalue weighted by Crippen LogP contribution is 2.35. The lowest BCUT2D eigenvalue weighted by atomic mass is 9.96. The number of nitrogens with one attached hydrogen (secondary N) is 1. The van der Waals surface area contributed by atoms with Gasteiger partial charge in [-0.3, -0.25) is 9.69 Å². The summed E-state index contributed by atoms with van der Waals surface area (Å²) in [5.41, 5.74) is 7.33. The van der Waals surface area contributed by atoms with Crippen molar-refractivity contribution in [3.63, 3.8) is 0 Å². The van der Waals surface area contributed by atoms with Gasteiger partial charge in [0.25, 0.3) is 0 Å². The number of hydrogen-bond acceptors (Lipinski definition) is 10. The third kappa shape index (κ3) is 4.75. The van der Waals surface area contributed by atoms with Gasteiger partial charge >= 0.3 is 0 Å². The molecule has 0 aliphatic carbocycles. The Labute approximate surface area is 196 Å². The van der Waals surface area contributed by atoms with E-state index < -0.39 is 0 Å².